The van der Waals surface area contributed by atoms with Crippen molar-refractivity contribution in [3.63, 3.8) is 0 Å². The van der Waals surface area contributed by atoms with E-state index in [9.17, 15) is 0 Å². The first-order valence-corrected chi connectivity index (χ1v) is 3.38. The Hall–Kier alpha value is -0.730. The Morgan fingerprint density at radius 2 is 1.82 bits per heavy atom. The molecule has 0 atom stereocenters. The van der Waals surface area contributed by atoms with Crippen LogP contribution in [-0.2, 0) is 6.42 Å². The molecule has 1 rings (SSSR count). The molecule has 0 spiro atoms. The summed E-state index contributed by atoms with van der Waals surface area (Å²) in [5.41, 5.74) is 13.0. The maximum atomic E-state index is 5.65. The van der Waals surface area contributed by atoms with Crippen molar-refractivity contribution >= 4 is 18.1 Å². The first kappa shape index (κ1) is 10.3. The molecule has 0 aliphatic heterocycles. The van der Waals surface area contributed by atoms with Gasteiger partial charge in [-0.2, -0.15) is 0 Å². The summed E-state index contributed by atoms with van der Waals surface area (Å²) in [6.45, 7) is 0.661. The Morgan fingerprint density at radius 3 is 2.36 bits per heavy atom. The lowest BCUT2D eigenvalue weighted by Crippen LogP contribution is -2.04. The predicted octanol–water partition coefficient (Wildman–Crippen LogP) is 1.19. The minimum Gasteiger partial charge on any atom is -0.399 e. The molecule has 4 N–H and O–H groups in total. The van der Waals surface area contributed by atoms with Gasteiger partial charge in [0.25, 0.3) is 0 Å². The van der Waals surface area contributed by atoms with E-state index >= 15 is 0 Å². The Bertz CT molecular complexity index is 213. The van der Waals surface area contributed by atoms with Crippen molar-refractivity contribution in [3.8, 4) is 0 Å². The van der Waals surface area contributed by atoms with Crippen molar-refractivity contribution < 1.29 is 0 Å². The second kappa shape index (κ2) is 4.99. The Kier molecular flexibility index (Phi) is 4.66. The molecule has 0 aliphatic carbocycles. The summed E-state index contributed by atoms with van der Waals surface area (Å²) in [6, 6.07) is 7.80. The van der Waals surface area contributed by atoms with Crippen LogP contribution in [0.25, 0.3) is 0 Å². The van der Waals surface area contributed by atoms with Crippen LogP contribution in [0.1, 0.15) is 5.56 Å². The largest absolute Gasteiger partial charge is 0.399 e. The standard InChI is InChI=1S/C8H12N2.ClH/c9-6-5-7-3-1-2-4-8(7)10;/h1-4H,5-6,9-10H2;1H. The molecule has 0 unspecified atom stereocenters. The molecule has 0 saturated heterocycles. The van der Waals surface area contributed by atoms with Crippen LogP contribution in [0.3, 0.4) is 0 Å². The van der Waals surface area contributed by atoms with Crippen LogP contribution < -0.4 is 11.5 Å². The third kappa shape index (κ3) is 2.78. The fourth-order valence-electron chi connectivity index (χ4n) is 0.917. The number of para-hydroxylation sites is 1. The average Bonchev–Trinajstić information content (AvgIpc) is 1.94. The molecule has 11 heavy (non-hydrogen) atoms. The van der Waals surface area contributed by atoms with Crippen LogP contribution in [0.4, 0.5) is 5.69 Å². The number of hydrogen-bond donors (Lipinski definition) is 2. The molecule has 0 fully saturated rings. The second-order valence-electron chi connectivity index (χ2n) is 2.24. The third-order valence-corrected chi connectivity index (χ3v) is 1.47. The van der Waals surface area contributed by atoms with Gasteiger partial charge in [-0.3, -0.25) is 0 Å². The first-order chi connectivity index (χ1) is 4.84. The van der Waals surface area contributed by atoms with E-state index in [-0.39, 0.29) is 12.4 Å². The van der Waals surface area contributed by atoms with Gasteiger partial charge < -0.3 is 11.5 Å². The lowest BCUT2D eigenvalue weighted by molar-refractivity contribution is 0.971. The van der Waals surface area contributed by atoms with Gasteiger partial charge >= 0.3 is 0 Å². The molecule has 0 aliphatic rings. The molecule has 1 aromatic rings. The fraction of sp³-hybridized carbons (Fsp3) is 0.250. The van der Waals surface area contributed by atoms with E-state index in [1.165, 1.54) is 0 Å². The van der Waals surface area contributed by atoms with Crippen molar-refractivity contribution in [2.45, 2.75) is 6.42 Å². The zero-order chi connectivity index (χ0) is 7.40. The first-order valence-electron chi connectivity index (χ1n) is 3.38. The maximum absolute atomic E-state index is 5.65. The molecular weight excluding hydrogens is 160 g/mol. The lowest BCUT2D eigenvalue weighted by atomic mass is 10.1. The smallest absolute Gasteiger partial charge is 0.0347 e. The van der Waals surface area contributed by atoms with Crippen LogP contribution in [0.5, 0.6) is 0 Å². The molecule has 3 heteroatoms. The molecule has 0 aromatic heterocycles. The highest BCUT2D eigenvalue weighted by molar-refractivity contribution is 5.85. The quantitative estimate of drug-likeness (QED) is 0.659. The highest BCUT2D eigenvalue weighted by atomic mass is 35.5. The number of nitrogens with two attached hydrogens (primary N) is 2. The number of rotatable bonds is 2. The molecule has 0 amide bonds. The van der Waals surface area contributed by atoms with E-state index in [1.807, 2.05) is 24.3 Å². The summed E-state index contributed by atoms with van der Waals surface area (Å²) in [5.74, 6) is 0. The highest BCUT2D eigenvalue weighted by Gasteiger charge is 1.93. The molecular formula is C8H13ClN2. The third-order valence-electron chi connectivity index (χ3n) is 1.47. The Balaban J connectivity index is 0.000001000. The molecule has 0 heterocycles. The molecule has 0 radical (unpaired) electrons. The van der Waals surface area contributed by atoms with Crippen LogP contribution in [0, 0.1) is 0 Å². The van der Waals surface area contributed by atoms with Crippen LogP contribution >= 0.6 is 12.4 Å². The lowest BCUT2D eigenvalue weighted by Gasteiger charge is -2.01. The molecule has 62 valence electrons. The van der Waals surface area contributed by atoms with E-state index < -0.39 is 0 Å². The van der Waals surface area contributed by atoms with E-state index in [0.29, 0.717) is 6.54 Å². The number of anilines is 1. The predicted molar refractivity (Wildman–Crippen MR) is 50.9 cm³/mol. The van der Waals surface area contributed by atoms with Crippen LogP contribution in [0.15, 0.2) is 24.3 Å². The van der Waals surface area contributed by atoms with Gasteiger partial charge in [-0.1, -0.05) is 18.2 Å². The average molecular weight is 173 g/mol. The van der Waals surface area contributed by atoms with Gasteiger partial charge in [0.15, 0.2) is 0 Å². The number of nitrogen functional groups attached to an aromatic ring is 1. The highest BCUT2D eigenvalue weighted by Crippen LogP contribution is 2.09. The normalized spacial score (nSPS) is 8.82. The SMILES string of the molecule is Cl.NCCc1ccccc1N. The summed E-state index contributed by atoms with van der Waals surface area (Å²) in [4.78, 5) is 0. The minimum absolute atomic E-state index is 0. The topological polar surface area (TPSA) is 52.0 Å². The zero-order valence-electron chi connectivity index (χ0n) is 6.29. The van der Waals surface area contributed by atoms with E-state index in [2.05, 4.69) is 0 Å². The number of halogens is 1. The van der Waals surface area contributed by atoms with Gasteiger partial charge in [0.1, 0.15) is 0 Å². The van der Waals surface area contributed by atoms with E-state index in [4.69, 9.17) is 11.5 Å². The van der Waals surface area contributed by atoms with Gasteiger partial charge in [-0.25, -0.2) is 0 Å². The molecule has 0 bridgehead atoms. The van der Waals surface area contributed by atoms with Gasteiger partial charge in [0.05, 0.1) is 0 Å². The summed E-state index contributed by atoms with van der Waals surface area (Å²) in [5, 5.41) is 0. The van der Waals surface area contributed by atoms with E-state index in [1.54, 1.807) is 0 Å². The Labute approximate surface area is 73.0 Å². The van der Waals surface area contributed by atoms with Crippen molar-refractivity contribution in [2.75, 3.05) is 12.3 Å². The maximum Gasteiger partial charge on any atom is 0.0347 e. The van der Waals surface area contributed by atoms with Gasteiger partial charge in [0, 0.05) is 5.69 Å². The van der Waals surface area contributed by atoms with Crippen molar-refractivity contribution in [1.29, 1.82) is 0 Å². The summed E-state index contributed by atoms with van der Waals surface area (Å²) in [7, 11) is 0. The van der Waals surface area contributed by atoms with Crippen LogP contribution in [-0.4, -0.2) is 6.54 Å². The number of hydrogen-bond acceptors (Lipinski definition) is 2. The molecule has 1 aromatic carbocycles. The second-order valence-corrected chi connectivity index (χ2v) is 2.24. The molecule has 2 nitrogen and oxygen atoms in total. The monoisotopic (exact) mass is 172 g/mol. The Morgan fingerprint density at radius 1 is 1.18 bits per heavy atom. The summed E-state index contributed by atoms with van der Waals surface area (Å²) < 4.78 is 0. The fourth-order valence-corrected chi connectivity index (χ4v) is 0.917. The summed E-state index contributed by atoms with van der Waals surface area (Å²) in [6.07, 6.45) is 0.868. The summed E-state index contributed by atoms with van der Waals surface area (Å²) >= 11 is 0. The van der Waals surface area contributed by atoms with E-state index in [0.717, 1.165) is 17.7 Å². The van der Waals surface area contributed by atoms with Gasteiger partial charge in [-0.05, 0) is 24.6 Å². The van der Waals surface area contributed by atoms with Crippen molar-refractivity contribution in [1.82, 2.24) is 0 Å². The van der Waals surface area contributed by atoms with Crippen molar-refractivity contribution in [3.05, 3.63) is 29.8 Å². The number of benzene rings is 1. The van der Waals surface area contributed by atoms with Crippen LogP contribution in [0.2, 0.25) is 0 Å². The van der Waals surface area contributed by atoms with Crippen molar-refractivity contribution in [2.24, 2.45) is 5.73 Å². The van der Waals surface area contributed by atoms with Gasteiger partial charge in [0.2, 0.25) is 0 Å². The van der Waals surface area contributed by atoms with Gasteiger partial charge in [-0.15, -0.1) is 12.4 Å². The zero-order valence-corrected chi connectivity index (χ0v) is 7.10. The molecule has 0 saturated carbocycles. The minimum atomic E-state index is 0.